The van der Waals surface area contributed by atoms with E-state index in [4.69, 9.17) is 0 Å². The van der Waals surface area contributed by atoms with Crippen molar-refractivity contribution in [2.24, 2.45) is 0 Å². The van der Waals surface area contributed by atoms with Crippen LogP contribution in [-0.2, 0) is 0 Å². The lowest BCUT2D eigenvalue weighted by Gasteiger charge is -2.15. The van der Waals surface area contributed by atoms with Crippen LogP contribution in [0.1, 0.15) is 24.8 Å². The number of anilines is 1. The summed E-state index contributed by atoms with van der Waals surface area (Å²) in [7, 11) is 0. The third kappa shape index (κ3) is 2.16. The first-order valence-corrected chi connectivity index (χ1v) is 6.11. The van der Waals surface area contributed by atoms with Crippen LogP contribution in [0.4, 0.5) is 5.82 Å². The first-order chi connectivity index (χ1) is 7.81. The van der Waals surface area contributed by atoms with Gasteiger partial charge in [-0.1, -0.05) is 0 Å². The van der Waals surface area contributed by atoms with E-state index in [1.807, 2.05) is 6.92 Å². The van der Waals surface area contributed by atoms with E-state index in [1.54, 1.807) is 6.20 Å². The summed E-state index contributed by atoms with van der Waals surface area (Å²) in [5.41, 5.74) is 1.16. The van der Waals surface area contributed by atoms with Crippen LogP contribution in [0.5, 0.6) is 0 Å². The summed E-state index contributed by atoms with van der Waals surface area (Å²) in [5, 5.41) is 11.6. The van der Waals surface area contributed by atoms with Gasteiger partial charge in [0.1, 0.15) is 5.82 Å². The molecule has 0 amide bonds. The van der Waals surface area contributed by atoms with E-state index >= 15 is 0 Å². The zero-order valence-corrected chi connectivity index (χ0v) is 9.69. The molecule has 1 saturated heterocycles. The Morgan fingerprint density at radius 1 is 1.38 bits per heavy atom. The van der Waals surface area contributed by atoms with Crippen LogP contribution in [0.2, 0.25) is 0 Å². The van der Waals surface area contributed by atoms with Crippen LogP contribution in [0, 0.1) is 6.92 Å². The number of hydrogen-bond donors (Lipinski definition) is 1. The van der Waals surface area contributed by atoms with Gasteiger partial charge < -0.3 is 5.32 Å². The van der Waals surface area contributed by atoms with Crippen molar-refractivity contribution in [2.45, 2.75) is 38.3 Å². The van der Waals surface area contributed by atoms with Crippen molar-refractivity contribution in [3.05, 3.63) is 17.8 Å². The summed E-state index contributed by atoms with van der Waals surface area (Å²) >= 11 is 0. The molecule has 0 bridgehead atoms. The monoisotopic (exact) mass is 218 g/mol. The molecule has 1 aliphatic carbocycles. The van der Waals surface area contributed by atoms with Crippen LogP contribution in [0.15, 0.2) is 12.3 Å². The molecular formula is C12H18N4. The number of aryl methyl sites for hydroxylation is 1. The quantitative estimate of drug-likeness (QED) is 0.833. The largest absolute Gasteiger partial charge is 0.365 e. The Hall–Kier alpha value is -1.16. The van der Waals surface area contributed by atoms with Gasteiger partial charge in [-0.2, -0.15) is 5.10 Å². The highest BCUT2D eigenvalue weighted by Gasteiger charge is 2.34. The van der Waals surface area contributed by atoms with Gasteiger partial charge in [-0.25, -0.2) is 0 Å². The maximum Gasteiger partial charge on any atom is 0.149 e. The molecule has 1 atom stereocenters. The Labute approximate surface area is 96.1 Å². The normalized spacial score (nSPS) is 25.9. The van der Waals surface area contributed by atoms with Gasteiger partial charge >= 0.3 is 0 Å². The van der Waals surface area contributed by atoms with Gasteiger partial charge in [0.05, 0.1) is 6.20 Å². The molecule has 0 aromatic carbocycles. The lowest BCUT2D eigenvalue weighted by molar-refractivity contribution is 0.326. The number of likely N-dealkylation sites (tertiary alicyclic amines) is 1. The zero-order valence-electron chi connectivity index (χ0n) is 9.69. The Bertz CT molecular complexity index is 375. The predicted molar refractivity (Wildman–Crippen MR) is 63.4 cm³/mol. The molecule has 1 saturated carbocycles. The van der Waals surface area contributed by atoms with Gasteiger partial charge in [0.25, 0.3) is 0 Å². The fraction of sp³-hybridized carbons (Fsp3) is 0.667. The molecule has 2 fully saturated rings. The molecule has 2 aliphatic rings. The van der Waals surface area contributed by atoms with Gasteiger partial charge in [0.15, 0.2) is 0 Å². The van der Waals surface area contributed by atoms with Crippen molar-refractivity contribution >= 4 is 5.82 Å². The minimum Gasteiger partial charge on any atom is -0.365 e. The third-order valence-electron chi connectivity index (χ3n) is 3.43. The smallest absolute Gasteiger partial charge is 0.149 e. The van der Waals surface area contributed by atoms with Gasteiger partial charge in [-0.3, -0.25) is 4.90 Å². The maximum absolute atomic E-state index is 4.11. The second-order valence-electron chi connectivity index (χ2n) is 4.97. The highest BCUT2D eigenvalue weighted by atomic mass is 15.2. The Morgan fingerprint density at radius 2 is 2.25 bits per heavy atom. The van der Waals surface area contributed by atoms with Crippen LogP contribution < -0.4 is 5.32 Å². The molecule has 86 valence electrons. The molecule has 3 rings (SSSR count). The molecule has 0 radical (unpaired) electrons. The molecule has 1 aliphatic heterocycles. The molecular weight excluding hydrogens is 200 g/mol. The average Bonchev–Trinajstić information content (AvgIpc) is 3.01. The fourth-order valence-corrected chi connectivity index (χ4v) is 2.42. The van der Waals surface area contributed by atoms with E-state index in [1.165, 1.54) is 32.4 Å². The molecule has 1 N–H and O–H groups in total. The maximum atomic E-state index is 4.11. The van der Waals surface area contributed by atoms with Crippen molar-refractivity contribution < 1.29 is 0 Å². The minimum atomic E-state index is 0.552. The Balaban J connectivity index is 1.59. The molecule has 4 heteroatoms. The van der Waals surface area contributed by atoms with Crippen LogP contribution in [0.25, 0.3) is 0 Å². The zero-order chi connectivity index (χ0) is 11.0. The number of rotatable bonds is 3. The molecule has 0 spiro atoms. The predicted octanol–water partition coefficient (Wildman–Crippen LogP) is 1.43. The van der Waals surface area contributed by atoms with Crippen LogP contribution in [-0.4, -0.2) is 40.3 Å². The topological polar surface area (TPSA) is 41.1 Å². The minimum absolute atomic E-state index is 0.552. The molecule has 4 nitrogen and oxygen atoms in total. The van der Waals surface area contributed by atoms with Gasteiger partial charge in [-0.05, 0) is 37.8 Å². The summed E-state index contributed by atoms with van der Waals surface area (Å²) in [5.74, 6) is 0.919. The number of hydrogen-bond acceptors (Lipinski definition) is 4. The average molecular weight is 218 g/mol. The van der Waals surface area contributed by atoms with Crippen LogP contribution in [0.3, 0.4) is 0 Å². The lowest BCUT2D eigenvalue weighted by atomic mass is 10.2. The Kier molecular flexibility index (Phi) is 2.52. The van der Waals surface area contributed by atoms with Crippen molar-refractivity contribution in [2.75, 3.05) is 18.4 Å². The van der Waals surface area contributed by atoms with Crippen molar-refractivity contribution in [3.63, 3.8) is 0 Å². The summed E-state index contributed by atoms with van der Waals surface area (Å²) in [4.78, 5) is 2.60. The highest BCUT2D eigenvalue weighted by Crippen LogP contribution is 2.30. The number of nitrogens with zero attached hydrogens (tertiary/aromatic N) is 3. The molecule has 16 heavy (non-hydrogen) atoms. The summed E-state index contributed by atoms with van der Waals surface area (Å²) in [6.07, 6.45) is 5.82. The summed E-state index contributed by atoms with van der Waals surface area (Å²) in [6, 6.07) is 3.50. The van der Waals surface area contributed by atoms with E-state index in [2.05, 4.69) is 26.5 Å². The number of aromatic nitrogens is 2. The first kappa shape index (κ1) is 10.0. The van der Waals surface area contributed by atoms with E-state index < -0.39 is 0 Å². The van der Waals surface area contributed by atoms with Crippen molar-refractivity contribution in [1.82, 2.24) is 15.1 Å². The van der Waals surface area contributed by atoms with E-state index in [0.717, 1.165) is 17.4 Å². The number of nitrogens with one attached hydrogen (secondary N) is 1. The van der Waals surface area contributed by atoms with Crippen molar-refractivity contribution in [3.8, 4) is 0 Å². The van der Waals surface area contributed by atoms with E-state index in [9.17, 15) is 0 Å². The third-order valence-corrected chi connectivity index (χ3v) is 3.43. The SMILES string of the molecule is Cc1cnnc(NC2CCN(C3CC3)C2)c1. The first-order valence-electron chi connectivity index (χ1n) is 6.11. The van der Waals surface area contributed by atoms with Crippen molar-refractivity contribution in [1.29, 1.82) is 0 Å². The second kappa shape index (κ2) is 4.01. The fourth-order valence-electron chi connectivity index (χ4n) is 2.42. The van der Waals surface area contributed by atoms with E-state index in [0.29, 0.717) is 6.04 Å². The van der Waals surface area contributed by atoms with Gasteiger partial charge in [0.2, 0.25) is 0 Å². The molecule has 1 aromatic rings. The van der Waals surface area contributed by atoms with Gasteiger partial charge in [0, 0.05) is 25.2 Å². The van der Waals surface area contributed by atoms with E-state index in [-0.39, 0.29) is 0 Å². The molecule has 1 unspecified atom stereocenters. The van der Waals surface area contributed by atoms with Crippen LogP contribution >= 0.6 is 0 Å². The Morgan fingerprint density at radius 3 is 3.00 bits per heavy atom. The standard InChI is InChI=1S/C12H18N4/c1-9-6-12(15-13-7-9)14-10-4-5-16(8-10)11-2-3-11/h6-7,10-11H,2-5,8H2,1H3,(H,14,15). The highest BCUT2D eigenvalue weighted by molar-refractivity contribution is 5.36. The van der Waals surface area contributed by atoms with Gasteiger partial charge in [-0.15, -0.1) is 5.10 Å². The summed E-state index contributed by atoms with van der Waals surface area (Å²) in [6.45, 7) is 4.45. The molecule has 2 heterocycles. The molecule has 1 aromatic heterocycles. The lowest BCUT2D eigenvalue weighted by Crippen LogP contribution is -2.28. The summed E-state index contributed by atoms with van der Waals surface area (Å²) < 4.78 is 0. The second-order valence-corrected chi connectivity index (χ2v) is 4.97.